The van der Waals surface area contributed by atoms with Crippen molar-refractivity contribution in [2.45, 2.75) is 19.4 Å². The van der Waals surface area contributed by atoms with E-state index in [0.717, 1.165) is 37.5 Å². The first-order valence-electron chi connectivity index (χ1n) is 5.47. The van der Waals surface area contributed by atoms with Crippen LogP contribution in [-0.2, 0) is 11.3 Å². The van der Waals surface area contributed by atoms with E-state index in [2.05, 4.69) is 5.32 Å². The molecule has 0 spiro atoms. The number of halogens is 1. The second kappa shape index (κ2) is 5.66. The van der Waals surface area contributed by atoms with Crippen LogP contribution < -0.4 is 5.32 Å². The number of hydrogen-bond donors (Lipinski definition) is 1. The van der Waals surface area contributed by atoms with Crippen molar-refractivity contribution >= 4 is 28.8 Å². The molecule has 2 heterocycles. The third-order valence-corrected chi connectivity index (χ3v) is 3.94. The fourth-order valence-corrected chi connectivity index (χ4v) is 2.86. The van der Waals surface area contributed by atoms with Gasteiger partial charge in [-0.05, 0) is 18.9 Å². The average Bonchev–Trinajstić information content (AvgIpc) is 2.89. The summed E-state index contributed by atoms with van der Waals surface area (Å²) < 4.78 is 0. The lowest BCUT2D eigenvalue weighted by Gasteiger charge is -2.15. The van der Waals surface area contributed by atoms with E-state index in [1.54, 1.807) is 11.3 Å². The summed E-state index contributed by atoms with van der Waals surface area (Å²) in [6.45, 7) is 2.99. The van der Waals surface area contributed by atoms with Gasteiger partial charge in [-0.25, -0.2) is 0 Å². The summed E-state index contributed by atoms with van der Waals surface area (Å²) in [6, 6.07) is 1.93. The quantitative estimate of drug-likeness (QED) is 0.897. The number of rotatable bonds is 4. The van der Waals surface area contributed by atoms with E-state index < -0.39 is 0 Å². The molecule has 0 radical (unpaired) electrons. The van der Waals surface area contributed by atoms with Crippen molar-refractivity contribution in [3.05, 3.63) is 21.3 Å². The van der Waals surface area contributed by atoms with Gasteiger partial charge in [0, 0.05) is 29.9 Å². The molecule has 1 fully saturated rings. The van der Waals surface area contributed by atoms with Crippen LogP contribution >= 0.6 is 22.9 Å². The maximum Gasteiger partial charge on any atom is 0.236 e. The molecule has 2 rings (SSSR count). The van der Waals surface area contributed by atoms with Crippen molar-refractivity contribution in [3.63, 3.8) is 0 Å². The number of likely N-dealkylation sites (tertiary alicyclic amines) is 1. The standard InChI is InChI=1S/C11H15ClN2OS/c12-9-5-10(16-8-9)6-13-7-11(15)14-3-1-2-4-14/h5,8,13H,1-4,6-7H2. The molecule has 1 amide bonds. The Morgan fingerprint density at radius 2 is 2.25 bits per heavy atom. The van der Waals surface area contributed by atoms with E-state index in [9.17, 15) is 4.79 Å². The van der Waals surface area contributed by atoms with E-state index in [1.807, 2.05) is 16.3 Å². The second-order valence-electron chi connectivity index (χ2n) is 3.92. The molecule has 1 aromatic heterocycles. The predicted octanol–water partition coefficient (Wildman–Crippen LogP) is 2.11. The van der Waals surface area contributed by atoms with Crippen LogP contribution in [0.15, 0.2) is 11.4 Å². The van der Waals surface area contributed by atoms with E-state index >= 15 is 0 Å². The number of carbonyl (C=O) groups excluding carboxylic acids is 1. The number of amides is 1. The second-order valence-corrected chi connectivity index (χ2v) is 5.35. The SMILES string of the molecule is O=C(CNCc1cc(Cl)cs1)N1CCCC1. The number of thiophene rings is 1. The van der Waals surface area contributed by atoms with Gasteiger partial charge >= 0.3 is 0 Å². The molecular weight excluding hydrogens is 244 g/mol. The van der Waals surface area contributed by atoms with Crippen LogP contribution in [0.5, 0.6) is 0 Å². The molecule has 3 nitrogen and oxygen atoms in total. The smallest absolute Gasteiger partial charge is 0.236 e. The fraction of sp³-hybridized carbons (Fsp3) is 0.545. The Kier molecular flexibility index (Phi) is 4.21. The highest BCUT2D eigenvalue weighted by Crippen LogP contribution is 2.18. The van der Waals surface area contributed by atoms with Crippen LogP contribution in [0.4, 0.5) is 0 Å². The Bertz CT molecular complexity index is 361. The lowest BCUT2D eigenvalue weighted by molar-refractivity contribution is -0.129. The first-order chi connectivity index (χ1) is 7.75. The molecule has 88 valence electrons. The van der Waals surface area contributed by atoms with Crippen molar-refractivity contribution in [1.82, 2.24) is 10.2 Å². The summed E-state index contributed by atoms with van der Waals surface area (Å²) in [5.41, 5.74) is 0. The van der Waals surface area contributed by atoms with Gasteiger partial charge < -0.3 is 10.2 Å². The Balaban J connectivity index is 1.69. The monoisotopic (exact) mass is 258 g/mol. The normalized spacial score (nSPS) is 15.7. The highest BCUT2D eigenvalue weighted by Gasteiger charge is 2.16. The molecule has 1 N–H and O–H groups in total. The third kappa shape index (κ3) is 3.20. The lowest BCUT2D eigenvalue weighted by atomic mass is 10.4. The number of hydrogen-bond acceptors (Lipinski definition) is 3. The Hall–Kier alpha value is -0.580. The largest absolute Gasteiger partial charge is 0.342 e. The molecule has 0 atom stereocenters. The van der Waals surface area contributed by atoms with Crippen LogP contribution in [0.1, 0.15) is 17.7 Å². The topological polar surface area (TPSA) is 32.3 Å². The molecular formula is C11H15ClN2OS. The molecule has 5 heteroatoms. The summed E-state index contributed by atoms with van der Waals surface area (Å²) in [5, 5.41) is 5.83. The fourth-order valence-electron chi connectivity index (χ4n) is 1.82. The molecule has 1 saturated heterocycles. The van der Waals surface area contributed by atoms with Crippen LogP contribution in [0, 0.1) is 0 Å². The molecule has 0 aliphatic carbocycles. The maximum atomic E-state index is 11.7. The number of nitrogens with zero attached hydrogens (tertiary/aromatic N) is 1. The van der Waals surface area contributed by atoms with Crippen molar-refractivity contribution < 1.29 is 4.79 Å². The first-order valence-corrected chi connectivity index (χ1v) is 6.73. The lowest BCUT2D eigenvalue weighted by Crippen LogP contribution is -2.35. The van der Waals surface area contributed by atoms with E-state index in [0.29, 0.717) is 6.54 Å². The van der Waals surface area contributed by atoms with Crippen LogP contribution in [0.25, 0.3) is 0 Å². The zero-order valence-corrected chi connectivity index (χ0v) is 10.6. The molecule has 0 aromatic carbocycles. The molecule has 0 unspecified atom stereocenters. The van der Waals surface area contributed by atoms with Gasteiger partial charge in [-0.1, -0.05) is 11.6 Å². The molecule has 1 aliphatic heterocycles. The minimum atomic E-state index is 0.208. The summed E-state index contributed by atoms with van der Waals surface area (Å²) >= 11 is 7.43. The Morgan fingerprint density at radius 3 is 2.88 bits per heavy atom. The number of nitrogens with one attached hydrogen (secondary N) is 1. The summed E-state index contributed by atoms with van der Waals surface area (Å²) in [6.07, 6.45) is 2.29. The molecule has 16 heavy (non-hydrogen) atoms. The number of carbonyl (C=O) groups is 1. The van der Waals surface area contributed by atoms with E-state index in [1.165, 1.54) is 4.88 Å². The summed E-state index contributed by atoms with van der Waals surface area (Å²) in [5.74, 6) is 0.208. The van der Waals surface area contributed by atoms with Crippen LogP contribution in [0.2, 0.25) is 5.02 Å². The summed E-state index contributed by atoms with van der Waals surface area (Å²) in [7, 11) is 0. The van der Waals surface area contributed by atoms with E-state index in [4.69, 9.17) is 11.6 Å². The molecule has 1 aliphatic rings. The van der Waals surface area contributed by atoms with Crippen molar-refractivity contribution in [2.24, 2.45) is 0 Å². The van der Waals surface area contributed by atoms with Crippen molar-refractivity contribution in [1.29, 1.82) is 0 Å². The third-order valence-electron chi connectivity index (χ3n) is 2.66. The van der Waals surface area contributed by atoms with Crippen LogP contribution in [0.3, 0.4) is 0 Å². The highest BCUT2D eigenvalue weighted by atomic mass is 35.5. The van der Waals surface area contributed by atoms with Gasteiger partial charge in [0.2, 0.25) is 5.91 Å². The summed E-state index contributed by atoms with van der Waals surface area (Å²) in [4.78, 5) is 14.8. The van der Waals surface area contributed by atoms with Crippen LogP contribution in [-0.4, -0.2) is 30.4 Å². The molecule has 1 aromatic rings. The van der Waals surface area contributed by atoms with Gasteiger partial charge in [-0.2, -0.15) is 0 Å². The Labute approximate surface area is 104 Å². The maximum absolute atomic E-state index is 11.7. The van der Waals surface area contributed by atoms with Crippen molar-refractivity contribution in [2.75, 3.05) is 19.6 Å². The predicted molar refractivity (Wildman–Crippen MR) is 66.8 cm³/mol. The van der Waals surface area contributed by atoms with Gasteiger partial charge in [-0.3, -0.25) is 4.79 Å². The zero-order valence-electron chi connectivity index (χ0n) is 9.04. The zero-order chi connectivity index (χ0) is 11.4. The minimum Gasteiger partial charge on any atom is -0.342 e. The average molecular weight is 259 g/mol. The minimum absolute atomic E-state index is 0.208. The van der Waals surface area contributed by atoms with Gasteiger partial charge in [0.15, 0.2) is 0 Å². The molecule has 0 saturated carbocycles. The van der Waals surface area contributed by atoms with Gasteiger partial charge in [-0.15, -0.1) is 11.3 Å². The van der Waals surface area contributed by atoms with E-state index in [-0.39, 0.29) is 5.91 Å². The highest BCUT2D eigenvalue weighted by molar-refractivity contribution is 7.10. The van der Waals surface area contributed by atoms with Gasteiger partial charge in [0.05, 0.1) is 11.6 Å². The van der Waals surface area contributed by atoms with Gasteiger partial charge in [0.1, 0.15) is 0 Å². The Morgan fingerprint density at radius 1 is 1.50 bits per heavy atom. The first kappa shape index (κ1) is 11.9. The van der Waals surface area contributed by atoms with Gasteiger partial charge in [0.25, 0.3) is 0 Å². The van der Waals surface area contributed by atoms with Crippen molar-refractivity contribution in [3.8, 4) is 0 Å². The molecule has 0 bridgehead atoms.